The van der Waals surface area contributed by atoms with Gasteiger partial charge in [-0.15, -0.1) is 0 Å². The van der Waals surface area contributed by atoms with Gasteiger partial charge in [0.05, 0.1) is 20.2 Å². The summed E-state index contributed by atoms with van der Waals surface area (Å²) >= 11 is 0. The Labute approximate surface area is 166 Å². The largest absolute Gasteiger partial charge is 2.00 e. The molecular weight excluding hydrogens is 551 g/mol. The fraction of sp³-hybridized carbons (Fsp3) is 1.00. The summed E-state index contributed by atoms with van der Waals surface area (Å²) in [6, 6.07) is -1.66. The summed E-state index contributed by atoms with van der Waals surface area (Å²) in [7, 11) is -24.7. The quantitative estimate of drug-likeness (QED) is 0.0953. The molecule has 0 fully saturated rings. The summed E-state index contributed by atoms with van der Waals surface area (Å²) < 4.78 is 71.5. The Kier molecular flexibility index (Phi) is 11.8. The Bertz CT molecular complexity index is 632. The molecule has 0 amide bonds. The molecule has 1 atom stereocenters. The Balaban J connectivity index is 0. The zero-order chi connectivity index (χ0) is 20.2. The second-order valence-electron chi connectivity index (χ2n) is 4.96. The van der Waals surface area contributed by atoms with Crippen LogP contribution in [0, 0.1) is 0 Å². The normalized spacial score (nSPS) is 16.0. The summed E-state index contributed by atoms with van der Waals surface area (Å²) in [4.78, 5) is 56.0. The van der Waals surface area contributed by atoms with Gasteiger partial charge in [-0.1, -0.05) is 0 Å². The molecule has 0 aliphatic heterocycles. The molecule has 0 rings (SSSR count). The molecular formula is C6H18O14PdS2Si3. The Hall–Kier alpha value is 0.813. The Morgan fingerprint density at radius 2 is 1.12 bits per heavy atom. The first kappa shape index (κ1) is 29.0. The van der Waals surface area contributed by atoms with Gasteiger partial charge in [0, 0.05) is 23.6 Å². The van der Waals surface area contributed by atoms with Gasteiger partial charge in [-0.05, 0) is 12.8 Å². The van der Waals surface area contributed by atoms with Crippen molar-refractivity contribution in [1.82, 2.24) is 0 Å². The van der Waals surface area contributed by atoms with Crippen LogP contribution in [0.25, 0.3) is 0 Å². The second-order valence-corrected chi connectivity index (χ2v) is 14.7. The van der Waals surface area contributed by atoms with Crippen molar-refractivity contribution in [1.29, 1.82) is 0 Å². The van der Waals surface area contributed by atoms with Gasteiger partial charge >= 0.3 is 47.1 Å². The maximum atomic E-state index is 10.5. The molecule has 0 aromatic rings. The molecule has 1 unspecified atom stereocenters. The third-order valence-corrected chi connectivity index (χ3v) is 10.9. The minimum Gasteiger partial charge on any atom is -0.748 e. The van der Waals surface area contributed by atoms with Gasteiger partial charge in [0.2, 0.25) is 0 Å². The van der Waals surface area contributed by atoms with Gasteiger partial charge in [0.15, 0.2) is 0 Å². The predicted molar refractivity (Wildman–Crippen MR) is 80.7 cm³/mol. The molecule has 14 nitrogen and oxygen atoms in total. The maximum Gasteiger partial charge on any atom is 2.00 e. The van der Waals surface area contributed by atoms with Crippen LogP contribution in [0.3, 0.4) is 0 Å². The van der Waals surface area contributed by atoms with E-state index in [1.54, 1.807) is 0 Å². The first-order chi connectivity index (χ1) is 10.8. The summed E-state index contributed by atoms with van der Waals surface area (Å²) in [6.45, 7) is 0. The van der Waals surface area contributed by atoms with Crippen LogP contribution in [0.1, 0.15) is 12.8 Å². The molecule has 160 valence electrons. The van der Waals surface area contributed by atoms with Crippen LogP contribution in [0.2, 0.25) is 12.1 Å². The van der Waals surface area contributed by atoms with Crippen LogP contribution >= 0.6 is 0 Å². The second kappa shape index (κ2) is 10.5. The zero-order valence-corrected chi connectivity index (χ0v) is 19.0. The average Bonchev–Trinajstić information content (AvgIpc) is 2.19. The molecule has 0 aromatic carbocycles. The molecule has 0 bridgehead atoms. The van der Waals surface area contributed by atoms with Gasteiger partial charge in [-0.2, -0.15) is 0 Å². The minimum atomic E-state index is -5.44. The summed E-state index contributed by atoms with van der Waals surface area (Å²) in [5.74, 6) is -1.99. The van der Waals surface area contributed by atoms with Gasteiger partial charge in [-0.25, -0.2) is 16.8 Å². The summed E-state index contributed by atoms with van der Waals surface area (Å²) in [5.41, 5.74) is 0. The topological polar surface area (TPSA) is 254 Å². The van der Waals surface area contributed by atoms with Crippen molar-refractivity contribution in [3.8, 4) is 0 Å². The SMILES string of the molecule is O=S(=O)([O-])CCC[Si](O)(O)O[Si](O)(CCCS(=O)(=O)[O-])O[Si](O)(O)O.[Pd+2]. The van der Waals surface area contributed by atoms with E-state index in [-0.39, 0.29) is 20.4 Å². The molecule has 20 heteroatoms. The van der Waals surface area contributed by atoms with Gasteiger partial charge in [-0.3, -0.25) is 0 Å². The van der Waals surface area contributed by atoms with Crippen molar-refractivity contribution in [2.45, 2.75) is 24.9 Å². The summed E-state index contributed by atoms with van der Waals surface area (Å²) in [5, 5.41) is 0. The van der Waals surface area contributed by atoms with E-state index >= 15 is 0 Å². The standard InChI is InChI=1S/C6H20O14S2Si3.Pd/c7-21(8,9)3-1-5-23(13,14)19-24(15,20-25(16,17)18)6-2-4-22(10,11)12;/h13-18H,1-6H2,(H,7,8,9)(H,10,11,12);/q;+2/p-2. The van der Waals surface area contributed by atoms with E-state index in [4.69, 9.17) is 14.4 Å². The average molecular weight is 569 g/mol. The van der Waals surface area contributed by atoms with E-state index < -0.39 is 83.3 Å². The number of rotatable bonds is 12. The van der Waals surface area contributed by atoms with Gasteiger partial charge in [0.25, 0.3) is 0 Å². The molecule has 0 aliphatic carbocycles. The molecule has 26 heavy (non-hydrogen) atoms. The molecule has 0 aromatic heterocycles. The first-order valence-electron chi connectivity index (χ1n) is 6.44. The molecule has 0 heterocycles. The van der Waals surface area contributed by atoms with Gasteiger partial charge < -0.3 is 46.1 Å². The van der Waals surface area contributed by atoms with Crippen molar-refractivity contribution in [3.63, 3.8) is 0 Å². The Morgan fingerprint density at radius 3 is 1.46 bits per heavy atom. The minimum absolute atomic E-state index is 0. The van der Waals surface area contributed by atoms with E-state index in [0.29, 0.717) is 0 Å². The summed E-state index contributed by atoms with van der Waals surface area (Å²) in [6.07, 6.45) is -1.19. The predicted octanol–water partition coefficient (Wildman–Crippen LogP) is -4.85. The van der Waals surface area contributed by atoms with Crippen LogP contribution < -0.4 is 0 Å². The maximum absolute atomic E-state index is 10.5. The molecule has 0 saturated carbocycles. The number of hydrogen-bond acceptors (Lipinski definition) is 14. The monoisotopic (exact) mass is 568 g/mol. The van der Waals surface area contributed by atoms with Crippen LogP contribution in [0.15, 0.2) is 0 Å². The van der Waals surface area contributed by atoms with Crippen LogP contribution in [0.4, 0.5) is 0 Å². The third kappa shape index (κ3) is 16.9. The van der Waals surface area contributed by atoms with Crippen LogP contribution in [-0.2, 0) is 48.9 Å². The number of hydrogen-bond donors (Lipinski definition) is 6. The zero-order valence-electron chi connectivity index (χ0n) is 12.8. The third-order valence-electron chi connectivity index (χ3n) is 2.40. The fourth-order valence-corrected chi connectivity index (χ4v) is 9.89. The van der Waals surface area contributed by atoms with Crippen molar-refractivity contribution in [3.05, 3.63) is 0 Å². The molecule has 0 radical (unpaired) electrons. The van der Waals surface area contributed by atoms with E-state index in [0.717, 1.165) is 0 Å². The van der Waals surface area contributed by atoms with Crippen molar-refractivity contribution in [2.24, 2.45) is 0 Å². The van der Waals surface area contributed by atoms with E-state index in [1.807, 2.05) is 0 Å². The molecule has 0 saturated heterocycles. The van der Waals surface area contributed by atoms with Crippen molar-refractivity contribution < 1.29 is 83.4 Å². The fourth-order valence-electron chi connectivity index (χ4n) is 1.59. The molecule has 0 spiro atoms. The first-order valence-corrected chi connectivity index (χ1v) is 15.3. The smallest absolute Gasteiger partial charge is 0.748 e. The van der Waals surface area contributed by atoms with Crippen LogP contribution in [0.5, 0.6) is 0 Å². The van der Waals surface area contributed by atoms with Crippen molar-refractivity contribution >= 4 is 46.9 Å². The van der Waals surface area contributed by atoms with Crippen LogP contribution in [-0.4, -0.2) is 92.9 Å². The van der Waals surface area contributed by atoms with E-state index in [1.165, 1.54) is 0 Å². The Morgan fingerprint density at radius 1 is 0.731 bits per heavy atom. The molecule has 6 N–H and O–H groups in total. The van der Waals surface area contributed by atoms with E-state index in [9.17, 15) is 40.3 Å². The van der Waals surface area contributed by atoms with E-state index in [2.05, 4.69) is 8.23 Å². The van der Waals surface area contributed by atoms with Crippen molar-refractivity contribution in [2.75, 3.05) is 11.5 Å². The molecule has 0 aliphatic rings. The van der Waals surface area contributed by atoms with Gasteiger partial charge in [0.1, 0.15) is 0 Å².